The van der Waals surface area contributed by atoms with Gasteiger partial charge in [0, 0.05) is 53.9 Å². The van der Waals surface area contributed by atoms with Gasteiger partial charge in [0.2, 0.25) is 5.91 Å². The van der Waals surface area contributed by atoms with Crippen molar-refractivity contribution < 1.29 is 9.18 Å². The highest BCUT2D eigenvalue weighted by molar-refractivity contribution is 6.34. The van der Waals surface area contributed by atoms with Gasteiger partial charge in [0.05, 0.1) is 17.4 Å². The number of piperazine rings is 1. The number of hydrogen-bond acceptors (Lipinski definition) is 5. The molecule has 2 aliphatic rings. The number of hydrogen-bond donors (Lipinski definition) is 0. The topological polar surface area (TPSA) is 71.3 Å². The molecule has 2 fully saturated rings. The fraction of sp³-hybridized carbons (Fsp3) is 0.241. The van der Waals surface area contributed by atoms with Crippen molar-refractivity contribution in [1.29, 1.82) is 0 Å². The smallest absolute Gasteiger partial charge is 0.352 e. The van der Waals surface area contributed by atoms with Crippen molar-refractivity contribution >= 4 is 34.2 Å². The number of carbonyl (C=O) groups excluding carboxylic acids is 1. The van der Waals surface area contributed by atoms with Crippen LogP contribution in [0.25, 0.3) is 27.7 Å². The Morgan fingerprint density at radius 1 is 1.08 bits per heavy atom. The van der Waals surface area contributed by atoms with E-state index in [-0.39, 0.29) is 5.91 Å². The largest absolute Gasteiger partial charge is 0.354 e. The molecule has 0 radical (unpaired) electrons. The number of pyridine rings is 1. The number of benzene rings is 2. The van der Waals surface area contributed by atoms with Crippen LogP contribution in [0.5, 0.6) is 0 Å². The van der Waals surface area contributed by atoms with Crippen LogP contribution >= 0.6 is 11.6 Å². The molecule has 0 atom stereocenters. The average Bonchev–Trinajstić information content (AvgIpc) is 3.78. The van der Waals surface area contributed by atoms with E-state index >= 15 is 0 Å². The molecule has 1 amide bonds. The summed E-state index contributed by atoms with van der Waals surface area (Å²) < 4.78 is 16.4. The molecule has 0 N–H and O–H groups in total. The SMILES string of the molecule is C=CC(=O)N1CCN(c2nc(=O)n(-c3cnccc3C3CC3)c3cc(-c4ccccc4F)c(Cl)cc23)CC1. The molecular weight excluding hydrogens is 505 g/mol. The van der Waals surface area contributed by atoms with Crippen molar-refractivity contribution in [1.82, 2.24) is 19.4 Å². The van der Waals surface area contributed by atoms with Crippen LogP contribution in [-0.2, 0) is 4.79 Å². The van der Waals surface area contributed by atoms with Gasteiger partial charge in [-0.25, -0.2) is 9.18 Å². The number of rotatable bonds is 5. The second kappa shape index (κ2) is 9.68. The monoisotopic (exact) mass is 529 g/mol. The Labute approximate surface area is 223 Å². The minimum Gasteiger partial charge on any atom is -0.352 e. The Bertz CT molecular complexity index is 1640. The second-order valence-electron chi connectivity index (χ2n) is 9.61. The van der Waals surface area contributed by atoms with Gasteiger partial charge in [0.25, 0.3) is 0 Å². The second-order valence-corrected chi connectivity index (χ2v) is 10.0. The van der Waals surface area contributed by atoms with Gasteiger partial charge in [-0.15, -0.1) is 0 Å². The number of aromatic nitrogens is 3. The van der Waals surface area contributed by atoms with Crippen molar-refractivity contribution in [2.75, 3.05) is 31.1 Å². The predicted molar refractivity (Wildman–Crippen MR) is 147 cm³/mol. The van der Waals surface area contributed by atoms with Crippen LogP contribution < -0.4 is 10.6 Å². The van der Waals surface area contributed by atoms with E-state index in [1.165, 1.54) is 12.1 Å². The molecule has 192 valence electrons. The maximum Gasteiger partial charge on any atom is 0.354 e. The van der Waals surface area contributed by atoms with Crippen LogP contribution in [0, 0.1) is 5.82 Å². The fourth-order valence-electron chi connectivity index (χ4n) is 5.18. The quantitative estimate of drug-likeness (QED) is 0.342. The van der Waals surface area contributed by atoms with Gasteiger partial charge >= 0.3 is 5.69 Å². The molecule has 3 heterocycles. The maximum absolute atomic E-state index is 14.8. The molecule has 9 heteroatoms. The Kier molecular flexibility index (Phi) is 6.19. The van der Waals surface area contributed by atoms with Crippen molar-refractivity contribution in [3.8, 4) is 16.8 Å². The number of amides is 1. The number of carbonyl (C=O) groups is 1. The Balaban J connectivity index is 1.57. The van der Waals surface area contributed by atoms with Gasteiger partial charge in [0.15, 0.2) is 0 Å². The van der Waals surface area contributed by atoms with Gasteiger partial charge in [-0.1, -0.05) is 36.4 Å². The van der Waals surface area contributed by atoms with Crippen molar-refractivity contribution in [2.24, 2.45) is 0 Å². The predicted octanol–water partition coefficient (Wildman–Crippen LogP) is 4.95. The lowest BCUT2D eigenvalue weighted by Gasteiger charge is -2.35. The maximum atomic E-state index is 14.8. The first kappa shape index (κ1) is 24.3. The third kappa shape index (κ3) is 4.24. The fourth-order valence-corrected chi connectivity index (χ4v) is 5.45. The Morgan fingerprint density at radius 2 is 1.84 bits per heavy atom. The summed E-state index contributed by atoms with van der Waals surface area (Å²) in [4.78, 5) is 38.3. The van der Waals surface area contributed by atoms with Crippen molar-refractivity contribution in [2.45, 2.75) is 18.8 Å². The third-order valence-corrected chi connectivity index (χ3v) is 7.59. The van der Waals surface area contributed by atoms with Crippen LogP contribution in [0.1, 0.15) is 24.3 Å². The van der Waals surface area contributed by atoms with E-state index in [4.69, 9.17) is 11.6 Å². The van der Waals surface area contributed by atoms with E-state index in [1.54, 1.807) is 52.2 Å². The van der Waals surface area contributed by atoms with E-state index in [2.05, 4.69) is 16.5 Å². The van der Waals surface area contributed by atoms with Gasteiger partial charge in [-0.2, -0.15) is 4.98 Å². The van der Waals surface area contributed by atoms with E-state index in [1.807, 2.05) is 11.0 Å². The lowest BCUT2D eigenvalue weighted by molar-refractivity contribution is -0.126. The number of anilines is 1. The molecule has 38 heavy (non-hydrogen) atoms. The summed E-state index contributed by atoms with van der Waals surface area (Å²) in [6, 6.07) is 11.9. The summed E-state index contributed by atoms with van der Waals surface area (Å²) in [7, 11) is 0. The Hall–Kier alpha value is -4.04. The van der Waals surface area contributed by atoms with Gasteiger partial charge in [-0.3, -0.25) is 14.3 Å². The van der Waals surface area contributed by atoms with E-state index < -0.39 is 11.5 Å². The van der Waals surface area contributed by atoms with Crippen LogP contribution in [0.3, 0.4) is 0 Å². The molecule has 2 aromatic carbocycles. The van der Waals surface area contributed by atoms with E-state index in [0.29, 0.717) is 70.7 Å². The zero-order valence-electron chi connectivity index (χ0n) is 20.6. The summed E-state index contributed by atoms with van der Waals surface area (Å²) in [5.41, 5.74) is 2.67. The minimum atomic E-state index is -0.450. The van der Waals surface area contributed by atoms with Crippen LogP contribution in [0.4, 0.5) is 10.2 Å². The molecule has 1 aliphatic carbocycles. The lowest BCUT2D eigenvalue weighted by atomic mass is 10.0. The summed E-state index contributed by atoms with van der Waals surface area (Å²) >= 11 is 6.76. The highest BCUT2D eigenvalue weighted by atomic mass is 35.5. The van der Waals surface area contributed by atoms with Crippen molar-refractivity contribution in [3.05, 3.63) is 94.4 Å². The first-order valence-corrected chi connectivity index (χ1v) is 13.0. The molecule has 6 rings (SSSR count). The molecule has 4 aromatic rings. The highest BCUT2D eigenvalue weighted by Gasteiger charge is 2.29. The van der Waals surface area contributed by atoms with Gasteiger partial charge in [-0.05, 0) is 54.7 Å². The van der Waals surface area contributed by atoms with Crippen LogP contribution in [-0.4, -0.2) is 51.5 Å². The molecule has 1 saturated carbocycles. The normalized spacial score (nSPS) is 15.6. The first-order chi connectivity index (χ1) is 18.5. The van der Waals surface area contributed by atoms with Crippen LogP contribution in [0.15, 0.2) is 72.3 Å². The van der Waals surface area contributed by atoms with E-state index in [9.17, 15) is 14.0 Å². The molecule has 2 aromatic heterocycles. The van der Waals surface area contributed by atoms with E-state index in [0.717, 1.165) is 18.4 Å². The molecular formula is C29H25ClFN5O2. The first-order valence-electron chi connectivity index (χ1n) is 12.6. The molecule has 1 saturated heterocycles. The van der Waals surface area contributed by atoms with Crippen LogP contribution in [0.2, 0.25) is 5.02 Å². The zero-order chi connectivity index (χ0) is 26.4. The Morgan fingerprint density at radius 3 is 2.55 bits per heavy atom. The summed E-state index contributed by atoms with van der Waals surface area (Å²) in [5.74, 6) is 0.328. The zero-order valence-corrected chi connectivity index (χ0v) is 21.4. The lowest BCUT2D eigenvalue weighted by Crippen LogP contribution is -2.49. The molecule has 1 aliphatic heterocycles. The number of fused-ring (bicyclic) bond motifs is 1. The minimum absolute atomic E-state index is 0.125. The van der Waals surface area contributed by atoms with Gasteiger partial charge in [0.1, 0.15) is 11.6 Å². The van der Waals surface area contributed by atoms with Crippen molar-refractivity contribution in [3.63, 3.8) is 0 Å². The molecule has 0 bridgehead atoms. The number of halogens is 2. The summed E-state index contributed by atoms with van der Waals surface area (Å²) in [6.45, 7) is 5.52. The highest BCUT2D eigenvalue weighted by Crippen LogP contribution is 2.43. The molecule has 7 nitrogen and oxygen atoms in total. The summed E-state index contributed by atoms with van der Waals surface area (Å²) in [5, 5.41) is 1.02. The van der Waals surface area contributed by atoms with Gasteiger partial charge < -0.3 is 9.80 Å². The molecule has 0 spiro atoms. The third-order valence-electron chi connectivity index (χ3n) is 7.28. The summed E-state index contributed by atoms with van der Waals surface area (Å²) in [6.07, 6.45) is 6.83. The number of nitrogens with zero attached hydrogens (tertiary/aromatic N) is 5. The average molecular weight is 530 g/mol. The molecule has 0 unspecified atom stereocenters. The standard InChI is InChI=1S/C29H25ClFN5O2/c1-2-27(37)34-11-13-35(14-12-34)28-22-15-23(30)21(20-5-3-4-6-24(20)31)16-25(22)36(29(38)33-28)26-17-32-10-9-19(26)18-7-8-18/h2-6,9-10,15-18H,1,7-8,11-14H2.